The third-order valence-corrected chi connectivity index (χ3v) is 2.01. The molecule has 1 aromatic carbocycles. The topological polar surface area (TPSA) is 52.0 Å². The van der Waals surface area contributed by atoms with E-state index in [1.165, 1.54) is 0 Å². The summed E-state index contributed by atoms with van der Waals surface area (Å²) in [5, 5.41) is 0.605. The molecule has 1 unspecified atom stereocenters. The van der Waals surface area contributed by atoms with E-state index in [0.29, 0.717) is 10.7 Å². The van der Waals surface area contributed by atoms with Crippen molar-refractivity contribution in [3.63, 3.8) is 0 Å². The monoisotopic (exact) mass is 184 g/mol. The van der Waals surface area contributed by atoms with Crippen molar-refractivity contribution in [3.05, 3.63) is 28.8 Å². The molecule has 0 fully saturated rings. The van der Waals surface area contributed by atoms with Crippen LogP contribution in [0, 0.1) is 0 Å². The largest absolute Gasteiger partial charge is 0.397 e. The van der Waals surface area contributed by atoms with Gasteiger partial charge in [0.25, 0.3) is 0 Å². The zero-order valence-electron chi connectivity index (χ0n) is 7.05. The van der Waals surface area contributed by atoms with Gasteiger partial charge in [-0.3, -0.25) is 0 Å². The van der Waals surface area contributed by atoms with Gasteiger partial charge in [-0.15, -0.1) is 0 Å². The van der Waals surface area contributed by atoms with E-state index in [4.69, 9.17) is 23.1 Å². The Morgan fingerprint density at radius 1 is 1.50 bits per heavy atom. The van der Waals surface area contributed by atoms with Gasteiger partial charge in [0.2, 0.25) is 0 Å². The van der Waals surface area contributed by atoms with Crippen LogP contribution in [0.15, 0.2) is 18.2 Å². The number of nitrogen functional groups attached to an aromatic ring is 1. The second kappa shape index (κ2) is 3.78. The first-order chi connectivity index (χ1) is 5.61. The highest BCUT2D eigenvalue weighted by Crippen LogP contribution is 2.22. The molecule has 0 radical (unpaired) electrons. The zero-order chi connectivity index (χ0) is 9.14. The van der Waals surface area contributed by atoms with Crippen LogP contribution in [0.3, 0.4) is 0 Å². The standard InChI is InChI=1S/C9H13ClN2/c1-6(11)5-7-3-2-4-8(10)9(7)12/h2-4,6H,5,11-12H2,1H3. The highest BCUT2D eigenvalue weighted by atomic mass is 35.5. The minimum atomic E-state index is 0.116. The Balaban J connectivity index is 2.92. The van der Waals surface area contributed by atoms with Crippen molar-refractivity contribution in [2.45, 2.75) is 19.4 Å². The molecule has 1 aromatic rings. The van der Waals surface area contributed by atoms with E-state index >= 15 is 0 Å². The fraction of sp³-hybridized carbons (Fsp3) is 0.333. The first kappa shape index (κ1) is 9.36. The lowest BCUT2D eigenvalue weighted by atomic mass is 10.1. The molecule has 0 spiro atoms. The minimum Gasteiger partial charge on any atom is -0.397 e. The van der Waals surface area contributed by atoms with Crippen molar-refractivity contribution < 1.29 is 0 Å². The molecule has 0 saturated heterocycles. The van der Waals surface area contributed by atoms with Crippen LogP contribution in [-0.2, 0) is 6.42 Å². The highest BCUT2D eigenvalue weighted by molar-refractivity contribution is 6.33. The average molecular weight is 185 g/mol. The van der Waals surface area contributed by atoms with Crippen LogP contribution in [0.2, 0.25) is 5.02 Å². The fourth-order valence-electron chi connectivity index (χ4n) is 1.11. The lowest BCUT2D eigenvalue weighted by Crippen LogP contribution is -2.18. The van der Waals surface area contributed by atoms with E-state index in [-0.39, 0.29) is 6.04 Å². The lowest BCUT2D eigenvalue weighted by Gasteiger charge is -2.08. The fourth-order valence-corrected chi connectivity index (χ4v) is 1.30. The van der Waals surface area contributed by atoms with Gasteiger partial charge in [-0.2, -0.15) is 0 Å². The molecular formula is C9H13ClN2. The minimum absolute atomic E-state index is 0.116. The summed E-state index contributed by atoms with van der Waals surface area (Å²) in [6, 6.07) is 5.73. The number of hydrogen-bond donors (Lipinski definition) is 2. The molecule has 0 aromatic heterocycles. The summed E-state index contributed by atoms with van der Waals surface area (Å²) in [7, 11) is 0. The summed E-state index contributed by atoms with van der Waals surface area (Å²) in [6.45, 7) is 1.94. The Hall–Kier alpha value is -0.730. The van der Waals surface area contributed by atoms with E-state index in [0.717, 1.165) is 12.0 Å². The second-order valence-corrected chi connectivity index (χ2v) is 3.40. The second-order valence-electron chi connectivity index (χ2n) is 2.99. The quantitative estimate of drug-likeness (QED) is 0.689. The van der Waals surface area contributed by atoms with E-state index in [1.54, 1.807) is 6.07 Å². The maximum atomic E-state index is 5.83. The molecule has 0 aliphatic heterocycles. The third kappa shape index (κ3) is 2.13. The van der Waals surface area contributed by atoms with Crippen molar-refractivity contribution in [3.8, 4) is 0 Å². The van der Waals surface area contributed by atoms with Crippen molar-refractivity contribution in [1.82, 2.24) is 0 Å². The number of para-hydroxylation sites is 1. The summed E-state index contributed by atoms with van der Waals surface area (Å²) in [5.74, 6) is 0. The van der Waals surface area contributed by atoms with Gasteiger partial charge in [0.05, 0.1) is 10.7 Å². The first-order valence-corrected chi connectivity index (χ1v) is 4.27. The first-order valence-electron chi connectivity index (χ1n) is 3.89. The number of halogens is 1. The Morgan fingerprint density at radius 3 is 2.75 bits per heavy atom. The lowest BCUT2D eigenvalue weighted by molar-refractivity contribution is 0.739. The molecule has 12 heavy (non-hydrogen) atoms. The van der Waals surface area contributed by atoms with Gasteiger partial charge in [-0.1, -0.05) is 23.7 Å². The normalized spacial score (nSPS) is 12.9. The molecule has 0 heterocycles. The Bertz CT molecular complexity index is 271. The Labute approximate surface area is 77.5 Å². The molecule has 1 atom stereocenters. The molecule has 66 valence electrons. The number of nitrogens with two attached hydrogens (primary N) is 2. The van der Waals surface area contributed by atoms with Gasteiger partial charge in [0.15, 0.2) is 0 Å². The van der Waals surface area contributed by atoms with E-state index < -0.39 is 0 Å². The van der Waals surface area contributed by atoms with Crippen LogP contribution in [0.4, 0.5) is 5.69 Å². The SMILES string of the molecule is CC(N)Cc1cccc(Cl)c1N. The Kier molecular flexibility index (Phi) is 2.95. The number of hydrogen-bond acceptors (Lipinski definition) is 2. The molecule has 0 aliphatic carbocycles. The molecule has 4 N–H and O–H groups in total. The van der Waals surface area contributed by atoms with Crippen LogP contribution in [-0.4, -0.2) is 6.04 Å². The third-order valence-electron chi connectivity index (χ3n) is 1.69. The molecule has 1 rings (SSSR count). The van der Waals surface area contributed by atoms with Crippen LogP contribution < -0.4 is 11.5 Å². The molecule has 0 aliphatic rings. The number of anilines is 1. The summed E-state index contributed by atoms with van der Waals surface area (Å²) < 4.78 is 0. The molecular weight excluding hydrogens is 172 g/mol. The maximum Gasteiger partial charge on any atom is 0.0638 e. The summed E-state index contributed by atoms with van der Waals surface area (Å²) in [5.41, 5.74) is 13.1. The van der Waals surface area contributed by atoms with Crippen molar-refractivity contribution >= 4 is 17.3 Å². The molecule has 2 nitrogen and oxygen atoms in total. The van der Waals surface area contributed by atoms with Crippen LogP contribution in [0.25, 0.3) is 0 Å². The summed E-state index contributed by atoms with van der Waals surface area (Å²) in [6.07, 6.45) is 0.770. The van der Waals surface area contributed by atoms with Gasteiger partial charge >= 0.3 is 0 Å². The highest BCUT2D eigenvalue weighted by Gasteiger charge is 2.04. The Morgan fingerprint density at radius 2 is 2.17 bits per heavy atom. The maximum absolute atomic E-state index is 5.83. The molecule has 0 amide bonds. The van der Waals surface area contributed by atoms with Gasteiger partial charge in [-0.25, -0.2) is 0 Å². The zero-order valence-corrected chi connectivity index (χ0v) is 7.81. The predicted molar refractivity (Wildman–Crippen MR) is 53.2 cm³/mol. The van der Waals surface area contributed by atoms with Crippen molar-refractivity contribution in [2.24, 2.45) is 5.73 Å². The van der Waals surface area contributed by atoms with Crippen LogP contribution >= 0.6 is 11.6 Å². The van der Waals surface area contributed by atoms with Crippen molar-refractivity contribution in [2.75, 3.05) is 5.73 Å². The van der Waals surface area contributed by atoms with Gasteiger partial charge in [-0.05, 0) is 25.0 Å². The molecule has 0 saturated carbocycles. The van der Waals surface area contributed by atoms with E-state index in [1.807, 2.05) is 19.1 Å². The van der Waals surface area contributed by atoms with E-state index in [9.17, 15) is 0 Å². The summed E-state index contributed by atoms with van der Waals surface area (Å²) >= 11 is 5.83. The average Bonchev–Trinajstić information content (AvgIpc) is 1.98. The number of rotatable bonds is 2. The predicted octanol–water partition coefficient (Wildman–Crippen LogP) is 1.81. The van der Waals surface area contributed by atoms with Crippen LogP contribution in [0.1, 0.15) is 12.5 Å². The van der Waals surface area contributed by atoms with E-state index in [2.05, 4.69) is 0 Å². The van der Waals surface area contributed by atoms with Crippen LogP contribution in [0.5, 0.6) is 0 Å². The van der Waals surface area contributed by atoms with Gasteiger partial charge < -0.3 is 11.5 Å². The van der Waals surface area contributed by atoms with Gasteiger partial charge in [0.1, 0.15) is 0 Å². The number of benzene rings is 1. The van der Waals surface area contributed by atoms with Gasteiger partial charge in [0, 0.05) is 6.04 Å². The van der Waals surface area contributed by atoms with Crippen molar-refractivity contribution in [1.29, 1.82) is 0 Å². The smallest absolute Gasteiger partial charge is 0.0638 e. The molecule has 3 heteroatoms. The summed E-state index contributed by atoms with van der Waals surface area (Å²) in [4.78, 5) is 0. The molecule has 0 bridgehead atoms.